The van der Waals surface area contributed by atoms with Gasteiger partial charge in [0.2, 0.25) is 0 Å². The Balaban J connectivity index is 1.26. The Morgan fingerprint density at radius 3 is 2.29 bits per heavy atom. The molecule has 3 aliphatic rings. The van der Waals surface area contributed by atoms with Crippen LogP contribution in [0.3, 0.4) is 0 Å². The van der Waals surface area contributed by atoms with Gasteiger partial charge in [-0.25, -0.2) is 0 Å². The van der Waals surface area contributed by atoms with Gasteiger partial charge >= 0.3 is 6.18 Å². The fourth-order valence-corrected chi connectivity index (χ4v) is 6.06. The maximum absolute atomic E-state index is 13.3. The number of nitrogens with zero attached hydrogens (tertiary/aromatic N) is 2. The van der Waals surface area contributed by atoms with Crippen LogP contribution in [-0.4, -0.2) is 59.7 Å². The van der Waals surface area contributed by atoms with Gasteiger partial charge in [0.1, 0.15) is 0 Å². The highest BCUT2D eigenvalue weighted by Crippen LogP contribution is 2.46. The topological polar surface area (TPSA) is 43.8 Å². The second-order valence-corrected chi connectivity index (χ2v) is 10.8. The van der Waals surface area contributed by atoms with Crippen molar-refractivity contribution >= 4 is 5.91 Å². The van der Waals surface area contributed by atoms with Gasteiger partial charge in [0.15, 0.2) is 0 Å². The van der Waals surface area contributed by atoms with Crippen LogP contribution in [0.25, 0.3) is 0 Å². The predicted octanol–water partition coefficient (Wildman–Crippen LogP) is 5.40. The van der Waals surface area contributed by atoms with Gasteiger partial charge in [0.25, 0.3) is 5.91 Å². The SMILES string of the molecule is O=C(c1ccc(C(O)C2CC2)cc1)N1CCC2(CC1)CC(c1ccccc1)CN(CC(F)(F)F)C2. The molecule has 35 heavy (non-hydrogen) atoms. The van der Waals surface area contributed by atoms with Crippen molar-refractivity contribution in [3.8, 4) is 0 Å². The molecule has 4 nitrogen and oxygen atoms in total. The number of carbonyl (C=O) groups excluding carboxylic acids is 1. The van der Waals surface area contributed by atoms with E-state index >= 15 is 0 Å². The Bertz CT molecular complexity index is 1010. The van der Waals surface area contributed by atoms with Gasteiger partial charge in [-0.1, -0.05) is 42.5 Å². The minimum absolute atomic E-state index is 0.0464. The lowest BCUT2D eigenvalue weighted by Gasteiger charge is -2.50. The second kappa shape index (κ2) is 9.58. The van der Waals surface area contributed by atoms with Gasteiger partial charge in [-0.3, -0.25) is 9.69 Å². The molecule has 2 aromatic rings. The quantitative estimate of drug-likeness (QED) is 0.615. The summed E-state index contributed by atoms with van der Waals surface area (Å²) < 4.78 is 39.9. The summed E-state index contributed by atoms with van der Waals surface area (Å²) >= 11 is 0. The number of piperidine rings is 2. The van der Waals surface area contributed by atoms with Crippen molar-refractivity contribution in [2.75, 3.05) is 32.7 Å². The number of hydrogen-bond donors (Lipinski definition) is 1. The average molecular weight is 487 g/mol. The van der Waals surface area contributed by atoms with E-state index in [1.165, 1.54) is 0 Å². The maximum Gasteiger partial charge on any atom is 0.401 e. The summed E-state index contributed by atoms with van der Waals surface area (Å²) in [6.45, 7) is 1.04. The van der Waals surface area contributed by atoms with Gasteiger partial charge in [0, 0.05) is 31.7 Å². The second-order valence-electron chi connectivity index (χ2n) is 10.8. The highest BCUT2D eigenvalue weighted by atomic mass is 19.4. The number of alkyl halides is 3. The van der Waals surface area contributed by atoms with Crippen molar-refractivity contribution in [3.05, 3.63) is 71.3 Å². The van der Waals surface area contributed by atoms with Crippen LogP contribution in [0.2, 0.25) is 0 Å². The highest BCUT2D eigenvalue weighted by Gasteiger charge is 2.45. The van der Waals surface area contributed by atoms with Crippen molar-refractivity contribution in [1.29, 1.82) is 0 Å². The Morgan fingerprint density at radius 2 is 1.69 bits per heavy atom. The van der Waals surface area contributed by atoms with Crippen molar-refractivity contribution in [2.45, 2.75) is 50.3 Å². The third kappa shape index (κ3) is 5.72. The Kier molecular flexibility index (Phi) is 6.66. The van der Waals surface area contributed by atoms with E-state index < -0.39 is 18.8 Å². The molecule has 7 heteroatoms. The van der Waals surface area contributed by atoms with Crippen LogP contribution in [-0.2, 0) is 0 Å². The summed E-state index contributed by atoms with van der Waals surface area (Å²) in [5, 5.41) is 10.3. The molecule has 2 saturated heterocycles. The van der Waals surface area contributed by atoms with Gasteiger partial charge < -0.3 is 10.0 Å². The summed E-state index contributed by atoms with van der Waals surface area (Å²) in [6.07, 6.45) is -0.343. The largest absolute Gasteiger partial charge is 0.401 e. The van der Waals surface area contributed by atoms with E-state index in [9.17, 15) is 23.1 Å². The number of likely N-dealkylation sites (tertiary alicyclic amines) is 2. The lowest BCUT2D eigenvalue weighted by molar-refractivity contribution is -0.155. The number of hydrogen-bond acceptors (Lipinski definition) is 3. The molecule has 1 aliphatic carbocycles. The summed E-state index contributed by atoms with van der Waals surface area (Å²) in [7, 11) is 0. The Hall–Kier alpha value is -2.38. The van der Waals surface area contributed by atoms with E-state index in [1.807, 2.05) is 47.4 Å². The minimum Gasteiger partial charge on any atom is -0.388 e. The minimum atomic E-state index is -4.23. The smallest absolute Gasteiger partial charge is 0.388 e. The van der Waals surface area contributed by atoms with Crippen molar-refractivity contribution in [2.24, 2.45) is 11.3 Å². The molecule has 2 aromatic carbocycles. The summed E-state index contributed by atoms with van der Waals surface area (Å²) in [5.41, 5.74) is 2.31. The number of rotatable bonds is 5. The van der Waals surface area contributed by atoms with Gasteiger partial charge in [-0.2, -0.15) is 13.2 Å². The molecule has 5 rings (SSSR count). The lowest BCUT2D eigenvalue weighted by atomic mass is 9.68. The van der Waals surface area contributed by atoms with Crippen molar-refractivity contribution in [1.82, 2.24) is 9.80 Å². The van der Waals surface area contributed by atoms with E-state index in [0.29, 0.717) is 50.5 Å². The predicted molar refractivity (Wildman–Crippen MR) is 128 cm³/mol. The molecule has 1 N–H and O–H groups in total. The first-order chi connectivity index (χ1) is 16.7. The lowest BCUT2D eigenvalue weighted by Crippen LogP contribution is -2.54. The average Bonchev–Trinajstić information content (AvgIpc) is 3.69. The van der Waals surface area contributed by atoms with Gasteiger partial charge in [-0.05, 0) is 72.6 Å². The first kappa shape index (κ1) is 24.3. The number of carbonyl (C=O) groups is 1. The van der Waals surface area contributed by atoms with E-state index in [2.05, 4.69) is 0 Å². The molecule has 1 saturated carbocycles. The van der Waals surface area contributed by atoms with E-state index in [1.54, 1.807) is 17.0 Å². The Labute approximate surface area is 204 Å². The molecule has 2 atom stereocenters. The zero-order chi connectivity index (χ0) is 24.6. The molecule has 0 aromatic heterocycles. The number of halogens is 3. The van der Waals surface area contributed by atoms with E-state index in [4.69, 9.17) is 0 Å². The number of aliphatic hydroxyl groups excluding tert-OH is 1. The van der Waals surface area contributed by atoms with Crippen LogP contribution >= 0.6 is 0 Å². The number of benzene rings is 2. The molecular weight excluding hydrogens is 453 g/mol. The van der Waals surface area contributed by atoms with Crippen LogP contribution in [0, 0.1) is 11.3 Å². The zero-order valence-corrected chi connectivity index (χ0v) is 19.9. The highest BCUT2D eigenvalue weighted by molar-refractivity contribution is 5.94. The molecule has 3 fully saturated rings. The molecule has 0 radical (unpaired) electrons. The molecule has 1 spiro atoms. The van der Waals surface area contributed by atoms with Gasteiger partial charge in [-0.15, -0.1) is 0 Å². The van der Waals surface area contributed by atoms with Crippen molar-refractivity contribution in [3.63, 3.8) is 0 Å². The summed E-state index contributed by atoms with van der Waals surface area (Å²) in [6, 6.07) is 17.1. The molecule has 2 heterocycles. The first-order valence-electron chi connectivity index (χ1n) is 12.6. The molecular formula is C28H33F3N2O2. The summed E-state index contributed by atoms with van der Waals surface area (Å²) in [4.78, 5) is 16.5. The Morgan fingerprint density at radius 1 is 1.03 bits per heavy atom. The zero-order valence-electron chi connectivity index (χ0n) is 19.9. The molecule has 1 amide bonds. The monoisotopic (exact) mass is 486 g/mol. The fraction of sp³-hybridized carbons (Fsp3) is 0.536. The number of aliphatic hydroxyl groups is 1. The fourth-order valence-electron chi connectivity index (χ4n) is 6.06. The maximum atomic E-state index is 13.3. The van der Waals surface area contributed by atoms with Crippen LogP contribution < -0.4 is 0 Å². The number of amides is 1. The summed E-state index contributed by atoms with van der Waals surface area (Å²) in [5.74, 6) is 0.344. The normalized spacial score (nSPS) is 23.9. The third-order valence-corrected chi connectivity index (χ3v) is 8.07. The molecule has 188 valence electrons. The van der Waals surface area contributed by atoms with E-state index in [0.717, 1.165) is 30.4 Å². The third-order valence-electron chi connectivity index (χ3n) is 8.07. The van der Waals surface area contributed by atoms with Crippen LogP contribution in [0.1, 0.15) is 65.6 Å². The van der Waals surface area contributed by atoms with Crippen LogP contribution in [0.4, 0.5) is 13.2 Å². The van der Waals surface area contributed by atoms with Crippen LogP contribution in [0.15, 0.2) is 54.6 Å². The van der Waals surface area contributed by atoms with E-state index in [-0.39, 0.29) is 17.2 Å². The molecule has 2 unspecified atom stereocenters. The van der Waals surface area contributed by atoms with Gasteiger partial charge in [0.05, 0.1) is 12.6 Å². The molecule has 2 aliphatic heterocycles. The van der Waals surface area contributed by atoms with Crippen molar-refractivity contribution < 1.29 is 23.1 Å². The first-order valence-corrected chi connectivity index (χ1v) is 12.6. The standard InChI is InChI=1S/C28H33F3N2O2/c29-28(30,31)19-32-17-24(20-4-2-1-3-5-20)16-27(18-32)12-14-33(15-13-27)26(35)23-10-8-22(9-11-23)25(34)21-6-7-21/h1-5,8-11,21,24-25,34H,6-7,12-19H2. The molecule has 0 bridgehead atoms. The van der Waals surface area contributed by atoms with Crippen LogP contribution in [0.5, 0.6) is 0 Å².